The minimum atomic E-state index is -0.827. The summed E-state index contributed by atoms with van der Waals surface area (Å²) in [7, 11) is 0. The first-order chi connectivity index (χ1) is 7.37. The van der Waals surface area contributed by atoms with Crippen LogP contribution in [0.5, 0.6) is 0 Å². The van der Waals surface area contributed by atoms with Crippen LogP contribution in [0.25, 0.3) is 0 Å². The van der Waals surface area contributed by atoms with Crippen molar-refractivity contribution in [3.05, 3.63) is 0 Å². The molecule has 1 unspecified atom stereocenters. The molecule has 1 heterocycles. The van der Waals surface area contributed by atoms with Gasteiger partial charge in [0.25, 0.3) is 0 Å². The van der Waals surface area contributed by atoms with Crippen LogP contribution in [0.1, 0.15) is 32.6 Å². The lowest BCUT2D eigenvalue weighted by Crippen LogP contribution is -2.53. The highest BCUT2D eigenvalue weighted by molar-refractivity contribution is 5.89. The van der Waals surface area contributed by atoms with E-state index in [-0.39, 0.29) is 5.91 Å². The van der Waals surface area contributed by atoms with Crippen LogP contribution >= 0.6 is 0 Å². The van der Waals surface area contributed by atoms with Gasteiger partial charge in [-0.25, -0.2) is 0 Å². The second-order valence-corrected chi connectivity index (χ2v) is 5.35. The quantitative estimate of drug-likeness (QED) is 0.704. The smallest absolute Gasteiger partial charge is 0.311 e. The average Bonchev–Trinajstić information content (AvgIpc) is 2.96. The van der Waals surface area contributed by atoms with Crippen molar-refractivity contribution in [1.29, 1.82) is 0 Å². The molecule has 0 bridgehead atoms. The van der Waals surface area contributed by atoms with Gasteiger partial charge in [0.15, 0.2) is 0 Å². The Morgan fingerprint density at radius 2 is 1.94 bits per heavy atom. The van der Waals surface area contributed by atoms with E-state index in [9.17, 15) is 9.59 Å². The molecule has 0 aromatic heterocycles. The van der Waals surface area contributed by atoms with Gasteiger partial charge in [0.1, 0.15) is 0 Å². The van der Waals surface area contributed by atoms with Crippen molar-refractivity contribution in [2.45, 2.75) is 38.1 Å². The molecular formula is C11H18N2O3. The molecule has 1 saturated carbocycles. The maximum atomic E-state index is 12.0. The summed E-state index contributed by atoms with van der Waals surface area (Å²) in [4.78, 5) is 24.8. The molecule has 0 aromatic carbocycles. The third kappa shape index (κ3) is 1.80. The SMILES string of the molecule is CC1(C(=O)O)CCCN(C(=O)C2(N)CC2)C1. The molecule has 5 heteroatoms. The van der Waals surface area contributed by atoms with E-state index in [1.165, 1.54) is 0 Å². The predicted octanol–water partition coefficient (Wildman–Crippen LogP) is 0.191. The number of hydrogen-bond donors (Lipinski definition) is 2. The summed E-state index contributed by atoms with van der Waals surface area (Å²) >= 11 is 0. The van der Waals surface area contributed by atoms with Crippen LogP contribution in [-0.4, -0.2) is 40.5 Å². The molecule has 5 nitrogen and oxygen atoms in total. The van der Waals surface area contributed by atoms with Crippen LogP contribution in [-0.2, 0) is 9.59 Å². The fourth-order valence-electron chi connectivity index (χ4n) is 2.25. The third-order valence-corrected chi connectivity index (χ3v) is 3.71. The van der Waals surface area contributed by atoms with E-state index in [0.29, 0.717) is 19.5 Å². The highest BCUT2D eigenvalue weighted by Crippen LogP contribution is 2.37. The van der Waals surface area contributed by atoms with Gasteiger partial charge in [0, 0.05) is 13.1 Å². The van der Waals surface area contributed by atoms with E-state index in [2.05, 4.69) is 0 Å². The molecule has 1 atom stereocenters. The highest BCUT2D eigenvalue weighted by atomic mass is 16.4. The van der Waals surface area contributed by atoms with Crippen molar-refractivity contribution in [1.82, 2.24) is 4.90 Å². The van der Waals surface area contributed by atoms with Crippen LogP contribution in [0.3, 0.4) is 0 Å². The van der Waals surface area contributed by atoms with Crippen LogP contribution in [0.15, 0.2) is 0 Å². The Hall–Kier alpha value is -1.10. The molecule has 1 amide bonds. The van der Waals surface area contributed by atoms with Crippen molar-refractivity contribution in [3.63, 3.8) is 0 Å². The molecule has 0 spiro atoms. The van der Waals surface area contributed by atoms with Crippen molar-refractivity contribution >= 4 is 11.9 Å². The zero-order chi connectivity index (χ0) is 12.0. The number of nitrogens with two attached hydrogens (primary N) is 1. The van der Waals surface area contributed by atoms with Gasteiger partial charge in [0.2, 0.25) is 5.91 Å². The maximum Gasteiger partial charge on any atom is 0.311 e. The Balaban J connectivity index is 2.07. The fraction of sp³-hybridized carbons (Fsp3) is 0.818. The molecule has 90 valence electrons. The Morgan fingerprint density at radius 1 is 1.31 bits per heavy atom. The molecular weight excluding hydrogens is 208 g/mol. The largest absolute Gasteiger partial charge is 0.481 e. The van der Waals surface area contributed by atoms with Crippen LogP contribution in [0, 0.1) is 5.41 Å². The zero-order valence-corrected chi connectivity index (χ0v) is 9.53. The highest BCUT2D eigenvalue weighted by Gasteiger charge is 2.50. The lowest BCUT2D eigenvalue weighted by Gasteiger charge is -2.38. The van der Waals surface area contributed by atoms with Crippen LogP contribution in [0.4, 0.5) is 0 Å². The van der Waals surface area contributed by atoms with Gasteiger partial charge in [-0.15, -0.1) is 0 Å². The molecule has 2 fully saturated rings. The lowest BCUT2D eigenvalue weighted by atomic mass is 9.82. The van der Waals surface area contributed by atoms with Crippen molar-refractivity contribution in [3.8, 4) is 0 Å². The first-order valence-corrected chi connectivity index (χ1v) is 5.69. The molecule has 1 aliphatic heterocycles. The van der Waals surface area contributed by atoms with E-state index in [4.69, 9.17) is 10.8 Å². The Labute approximate surface area is 94.6 Å². The van der Waals surface area contributed by atoms with E-state index in [0.717, 1.165) is 19.3 Å². The molecule has 0 radical (unpaired) electrons. The van der Waals surface area contributed by atoms with Crippen molar-refractivity contribution in [2.75, 3.05) is 13.1 Å². The molecule has 2 rings (SSSR count). The van der Waals surface area contributed by atoms with Gasteiger partial charge in [0.05, 0.1) is 11.0 Å². The van der Waals surface area contributed by atoms with Crippen molar-refractivity contribution in [2.24, 2.45) is 11.1 Å². The standard InChI is InChI=1S/C11H18N2O3/c1-10(9(15)16)3-2-6-13(7-10)8(14)11(12)4-5-11/h2-7,12H2,1H3,(H,15,16). The summed E-state index contributed by atoms with van der Waals surface area (Å²) in [6, 6.07) is 0. The first kappa shape index (κ1) is 11.4. The minimum absolute atomic E-state index is 0.0697. The van der Waals surface area contributed by atoms with E-state index in [1.807, 2.05) is 0 Å². The van der Waals surface area contributed by atoms with E-state index >= 15 is 0 Å². The summed E-state index contributed by atoms with van der Waals surface area (Å²) < 4.78 is 0. The molecule has 1 aliphatic carbocycles. The minimum Gasteiger partial charge on any atom is -0.481 e. The number of rotatable bonds is 2. The van der Waals surface area contributed by atoms with E-state index in [1.54, 1.807) is 11.8 Å². The summed E-state index contributed by atoms with van der Waals surface area (Å²) in [5.74, 6) is -0.897. The Morgan fingerprint density at radius 3 is 2.44 bits per heavy atom. The third-order valence-electron chi connectivity index (χ3n) is 3.71. The molecule has 0 aromatic rings. The second kappa shape index (κ2) is 3.45. The number of nitrogens with zero attached hydrogens (tertiary/aromatic N) is 1. The number of piperidine rings is 1. The Kier molecular flexibility index (Phi) is 2.45. The van der Waals surface area contributed by atoms with Crippen molar-refractivity contribution < 1.29 is 14.7 Å². The van der Waals surface area contributed by atoms with Gasteiger partial charge >= 0.3 is 5.97 Å². The summed E-state index contributed by atoms with van der Waals surface area (Å²) in [6.45, 7) is 2.63. The monoisotopic (exact) mass is 226 g/mol. The van der Waals surface area contributed by atoms with Gasteiger partial charge in [-0.1, -0.05) is 0 Å². The number of carbonyl (C=O) groups is 2. The molecule has 2 aliphatic rings. The summed E-state index contributed by atoms with van der Waals surface area (Å²) in [5, 5.41) is 9.15. The average molecular weight is 226 g/mol. The number of likely N-dealkylation sites (tertiary alicyclic amines) is 1. The molecule has 3 N–H and O–H groups in total. The number of hydrogen-bond acceptors (Lipinski definition) is 3. The first-order valence-electron chi connectivity index (χ1n) is 5.69. The topological polar surface area (TPSA) is 83.6 Å². The number of carbonyl (C=O) groups excluding carboxylic acids is 1. The summed E-state index contributed by atoms with van der Waals surface area (Å²) in [6.07, 6.45) is 2.83. The normalized spacial score (nSPS) is 32.2. The molecule has 16 heavy (non-hydrogen) atoms. The fourth-order valence-corrected chi connectivity index (χ4v) is 2.25. The number of carboxylic acid groups (broad SMARTS) is 1. The number of aliphatic carboxylic acids is 1. The lowest BCUT2D eigenvalue weighted by molar-refractivity contribution is -0.154. The van der Waals surface area contributed by atoms with Gasteiger partial charge < -0.3 is 15.7 Å². The zero-order valence-electron chi connectivity index (χ0n) is 9.53. The number of carboxylic acids is 1. The summed E-state index contributed by atoms with van der Waals surface area (Å²) in [5.41, 5.74) is 4.36. The predicted molar refractivity (Wildman–Crippen MR) is 57.7 cm³/mol. The van der Waals surface area contributed by atoms with Crippen LogP contribution in [0.2, 0.25) is 0 Å². The Bertz CT molecular complexity index is 338. The van der Waals surface area contributed by atoms with Gasteiger partial charge in [-0.2, -0.15) is 0 Å². The number of amides is 1. The van der Waals surface area contributed by atoms with Crippen LogP contribution < -0.4 is 5.73 Å². The van der Waals surface area contributed by atoms with Gasteiger partial charge in [-0.3, -0.25) is 9.59 Å². The van der Waals surface area contributed by atoms with Gasteiger partial charge in [-0.05, 0) is 32.6 Å². The molecule has 1 saturated heterocycles. The maximum absolute atomic E-state index is 12.0. The van der Waals surface area contributed by atoms with E-state index < -0.39 is 16.9 Å². The second-order valence-electron chi connectivity index (χ2n) is 5.35.